The van der Waals surface area contributed by atoms with E-state index in [9.17, 15) is 14.4 Å². The van der Waals surface area contributed by atoms with Gasteiger partial charge in [0.2, 0.25) is 5.91 Å². The lowest BCUT2D eigenvalue weighted by Gasteiger charge is -2.30. The maximum absolute atomic E-state index is 12.2. The van der Waals surface area contributed by atoms with E-state index >= 15 is 0 Å². The fourth-order valence-corrected chi connectivity index (χ4v) is 3.32. The Bertz CT molecular complexity index is 757. The molecule has 3 amide bonds. The topological polar surface area (TPSA) is 109 Å². The van der Waals surface area contributed by atoms with Gasteiger partial charge in [0, 0.05) is 17.5 Å². The van der Waals surface area contributed by atoms with E-state index in [0.29, 0.717) is 36.2 Å². The maximum Gasteiger partial charge on any atom is 0.269 e. The zero-order valence-electron chi connectivity index (χ0n) is 16.8. The SMILES string of the molecule is COc1ccc(C(=O)NNC(=O)CN2CCC(C(=O)NC3CC3)CC2)cc1OC. The lowest BCUT2D eigenvalue weighted by Crippen LogP contribution is -2.48. The summed E-state index contributed by atoms with van der Waals surface area (Å²) < 4.78 is 10.3. The fraction of sp³-hybridized carbons (Fsp3) is 0.550. The second-order valence-electron chi connectivity index (χ2n) is 7.41. The molecular formula is C20H28N4O5. The smallest absolute Gasteiger partial charge is 0.269 e. The number of benzene rings is 1. The van der Waals surface area contributed by atoms with E-state index in [1.807, 2.05) is 4.90 Å². The fourth-order valence-electron chi connectivity index (χ4n) is 3.32. The summed E-state index contributed by atoms with van der Waals surface area (Å²) in [5.41, 5.74) is 5.18. The van der Waals surface area contributed by atoms with Gasteiger partial charge in [0.25, 0.3) is 11.8 Å². The summed E-state index contributed by atoms with van der Waals surface area (Å²) in [5.74, 6) is 0.357. The third kappa shape index (κ3) is 5.83. The molecule has 0 unspecified atom stereocenters. The molecule has 29 heavy (non-hydrogen) atoms. The number of ether oxygens (including phenoxy) is 2. The summed E-state index contributed by atoms with van der Waals surface area (Å²) in [5, 5.41) is 3.04. The van der Waals surface area contributed by atoms with Crippen molar-refractivity contribution in [3.63, 3.8) is 0 Å². The molecule has 2 aliphatic rings. The van der Waals surface area contributed by atoms with Gasteiger partial charge in [-0.15, -0.1) is 0 Å². The van der Waals surface area contributed by atoms with E-state index in [0.717, 1.165) is 25.7 Å². The first-order chi connectivity index (χ1) is 14.0. The number of hydrogen-bond acceptors (Lipinski definition) is 6. The molecule has 1 heterocycles. The highest BCUT2D eigenvalue weighted by Crippen LogP contribution is 2.27. The van der Waals surface area contributed by atoms with E-state index in [2.05, 4.69) is 16.2 Å². The van der Waals surface area contributed by atoms with Crippen LogP contribution >= 0.6 is 0 Å². The van der Waals surface area contributed by atoms with Crippen LogP contribution in [0.25, 0.3) is 0 Å². The van der Waals surface area contributed by atoms with Gasteiger partial charge in [-0.3, -0.25) is 30.1 Å². The third-order valence-electron chi connectivity index (χ3n) is 5.21. The molecule has 0 atom stereocenters. The van der Waals surface area contributed by atoms with Gasteiger partial charge in [-0.05, 0) is 57.0 Å². The van der Waals surface area contributed by atoms with Crippen molar-refractivity contribution >= 4 is 17.7 Å². The molecule has 3 rings (SSSR count). The summed E-state index contributed by atoms with van der Waals surface area (Å²) in [6.45, 7) is 1.53. The molecule has 1 saturated carbocycles. The minimum Gasteiger partial charge on any atom is -0.493 e. The van der Waals surface area contributed by atoms with E-state index < -0.39 is 5.91 Å². The van der Waals surface area contributed by atoms with Gasteiger partial charge in [-0.25, -0.2) is 0 Å². The van der Waals surface area contributed by atoms with Gasteiger partial charge < -0.3 is 14.8 Å². The number of rotatable bonds is 7. The van der Waals surface area contributed by atoms with Crippen molar-refractivity contribution < 1.29 is 23.9 Å². The third-order valence-corrected chi connectivity index (χ3v) is 5.21. The summed E-state index contributed by atoms with van der Waals surface area (Å²) in [6.07, 6.45) is 3.65. The second kappa shape index (κ2) is 9.60. The number of carbonyl (C=O) groups is 3. The average Bonchev–Trinajstić information content (AvgIpc) is 3.55. The minimum absolute atomic E-state index is 0.0275. The van der Waals surface area contributed by atoms with Crippen LogP contribution in [0.15, 0.2) is 18.2 Å². The summed E-state index contributed by atoms with van der Waals surface area (Å²) in [7, 11) is 3.00. The van der Waals surface area contributed by atoms with Crippen molar-refractivity contribution in [2.75, 3.05) is 33.9 Å². The van der Waals surface area contributed by atoms with E-state index in [4.69, 9.17) is 9.47 Å². The largest absolute Gasteiger partial charge is 0.493 e. The Labute approximate surface area is 170 Å². The summed E-state index contributed by atoms with van der Waals surface area (Å²) >= 11 is 0. The molecule has 1 aliphatic carbocycles. The molecule has 0 aromatic heterocycles. The van der Waals surface area contributed by atoms with Gasteiger partial charge in [0.05, 0.1) is 20.8 Å². The normalized spacial score (nSPS) is 17.3. The Morgan fingerprint density at radius 2 is 1.69 bits per heavy atom. The van der Waals surface area contributed by atoms with Crippen molar-refractivity contribution in [1.82, 2.24) is 21.1 Å². The lowest BCUT2D eigenvalue weighted by molar-refractivity contribution is -0.127. The first kappa shape index (κ1) is 20.9. The standard InChI is InChI=1S/C20H28N4O5/c1-28-16-6-3-14(11-17(16)29-2)20(27)23-22-18(25)12-24-9-7-13(8-10-24)19(26)21-15-4-5-15/h3,6,11,13,15H,4-5,7-10,12H2,1-2H3,(H,21,26)(H,22,25)(H,23,27). The Hall–Kier alpha value is -2.81. The maximum atomic E-state index is 12.2. The highest BCUT2D eigenvalue weighted by atomic mass is 16.5. The number of amides is 3. The van der Waals surface area contributed by atoms with Crippen LogP contribution in [0.4, 0.5) is 0 Å². The average molecular weight is 404 g/mol. The van der Waals surface area contributed by atoms with Crippen LogP contribution < -0.4 is 25.6 Å². The molecule has 0 spiro atoms. The van der Waals surface area contributed by atoms with Crippen LogP contribution in [-0.4, -0.2) is 62.5 Å². The van der Waals surface area contributed by atoms with Crippen LogP contribution in [0.3, 0.4) is 0 Å². The zero-order chi connectivity index (χ0) is 20.8. The molecule has 2 fully saturated rings. The molecule has 9 nitrogen and oxygen atoms in total. The quantitative estimate of drug-likeness (QED) is 0.570. The molecule has 1 aliphatic heterocycles. The highest BCUT2D eigenvalue weighted by Gasteiger charge is 2.30. The minimum atomic E-state index is -0.449. The summed E-state index contributed by atoms with van der Waals surface area (Å²) in [6, 6.07) is 5.12. The molecule has 0 bridgehead atoms. The number of nitrogens with one attached hydrogen (secondary N) is 3. The lowest BCUT2D eigenvalue weighted by atomic mass is 9.96. The van der Waals surface area contributed by atoms with Crippen molar-refractivity contribution in [3.05, 3.63) is 23.8 Å². The van der Waals surface area contributed by atoms with E-state index in [-0.39, 0.29) is 24.3 Å². The number of hydrazine groups is 1. The van der Waals surface area contributed by atoms with Gasteiger partial charge in [0.1, 0.15) is 0 Å². The monoisotopic (exact) mass is 404 g/mol. The number of piperidine rings is 1. The molecule has 1 aromatic rings. The van der Waals surface area contributed by atoms with Crippen molar-refractivity contribution in [2.24, 2.45) is 5.92 Å². The molecule has 0 radical (unpaired) electrons. The van der Waals surface area contributed by atoms with Gasteiger partial charge in [0.15, 0.2) is 11.5 Å². The van der Waals surface area contributed by atoms with Crippen LogP contribution in [0, 0.1) is 5.92 Å². The predicted octanol–water partition coefficient (Wildman–Crippen LogP) is 0.455. The van der Waals surface area contributed by atoms with Crippen LogP contribution in [0.1, 0.15) is 36.0 Å². The number of carbonyl (C=O) groups excluding carboxylic acids is 3. The Morgan fingerprint density at radius 3 is 2.31 bits per heavy atom. The Balaban J connectivity index is 1.39. The highest BCUT2D eigenvalue weighted by molar-refractivity contribution is 5.96. The van der Waals surface area contributed by atoms with Crippen LogP contribution in [0.2, 0.25) is 0 Å². The number of methoxy groups -OCH3 is 2. The molecule has 3 N–H and O–H groups in total. The number of nitrogens with zero attached hydrogens (tertiary/aromatic N) is 1. The van der Waals surface area contributed by atoms with Crippen molar-refractivity contribution in [3.8, 4) is 11.5 Å². The van der Waals surface area contributed by atoms with Gasteiger partial charge in [-0.1, -0.05) is 0 Å². The zero-order valence-corrected chi connectivity index (χ0v) is 16.8. The Kier molecular flexibility index (Phi) is 6.92. The van der Waals surface area contributed by atoms with Crippen molar-refractivity contribution in [2.45, 2.75) is 31.7 Å². The first-order valence-electron chi connectivity index (χ1n) is 9.84. The molecular weight excluding hydrogens is 376 g/mol. The molecule has 158 valence electrons. The van der Waals surface area contributed by atoms with Crippen LogP contribution in [-0.2, 0) is 9.59 Å². The van der Waals surface area contributed by atoms with Crippen LogP contribution in [0.5, 0.6) is 11.5 Å². The molecule has 1 saturated heterocycles. The Morgan fingerprint density at radius 1 is 1.00 bits per heavy atom. The van der Waals surface area contributed by atoms with E-state index in [1.165, 1.54) is 20.3 Å². The molecule has 9 heteroatoms. The summed E-state index contributed by atoms with van der Waals surface area (Å²) in [4.78, 5) is 38.5. The first-order valence-corrected chi connectivity index (χ1v) is 9.84. The number of likely N-dealkylation sites (tertiary alicyclic amines) is 1. The van der Waals surface area contributed by atoms with E-state index in [1.54, 1.807) is 12.1 Å². The van der Waals surface area contributed by atoms with Gasteiger partial charge in [-0.2, -0.15) is 0 Å². The van der Waals surface area contributed by atoms with Gasteiger partial charge >= 0.3 is 0 Å². The second-order valence-corrected chi connectivity index (χ2v) is 7.41. The number of hydrogen-bond donors (Lipinski definition) is 3. The molecule has 1 aromatic carbocycles. The van der Waals surface area contributed by atoms with Crippen molar-refractivity contribution in [1.29, 1.82) is 0 Å². The predicted molar refractivity (Wildman–Crippen MR) is 105 cm³/mol.